The zero-order chi connectivity index (χ0) is 31.2. The van der Waals surface area contributed by atoms with Gasteiger partial charge in [-0.1, -0.05) is 13.0 Å². The van der Waals surface area contributed by atoms with E-state index in [2.05, 4.69) is 10.3 Å². The molecule has 1 aliphatic rings. The second-order valence-corrected chi connectivity index (χ2v) is 9.33. The van der Waals surface area contributed by atoms with Gasteiger partial charge in [0.15, 0.2) is 6.67 Å². The maximum Gasteiger partial charge on any atom is 0.416 e. The highest BCUT2D eigenvalue weighted by molar-refractivity contribution is 5.75. The molecule has 41 heavy (non-hydrogen) atoms. The Morgan fingerprint density at radius 2 is 1.56 bits per heavy atom. The molecule has 2 atom stereocenters. The molecule has 2 heterocycles. The third-order valence-corrected chi connectivity index (χ3v) is 6.58. The van der Waals surface area contributed by atoms with Gasteiger partial charge in [-0.3, -0.25) is 4.79 Å². The summed E-state index contributed by atoms with van der Waals surface area (Å²) in [7, 11) is 0. The zero-order valence-corrected chi connectivity index (χ0v) is 20.8. The Bertz CT molecular complexity index is 1240. The second-order valence-electron chi connectivity index (χ2n) is 9.33. The van der Waals surface area contributed by atoms with Crippen molar-refractivity contribution in [2.24, 2.45) is 0 Å². The molecule has 1 fully saturated rings. The third kappa shape index (κ3) is 6.48. The van der Waals surface area contributed by atoms with Crippen LogP contribution < -0.4 is 10.2 Å². The van der Waals surface area contributed by atoms with Crippen molar-refractivity contribution in [3.8, 4) is 0 Å². The fourth-order valence-electron chi connectivity index (χ4n) is 4.40. The highest BCUT2D eigenvalue weighted by Gasteiger charge is 2.62. The van der Waals surface area contributed by atoms with Crippen molar-refractivity contribution >= 4 is 11.7 Å². The number of halogens is 12. The second kappa shape index (κ2) is 10.9. The van der Waals surface area contributed by atoms with Crippen LogP contribution in [0.3, 0.4) is 0 Å². The van der Waals surface area contributed by atoms with E-state index < -0.39 is 102 Å². The van der Waals surface area contributed by atoms with E-state index in [1.165, 1.54) is 6.92 Å². The molecule has 2 aromatic rings. The molecule has 0 radical (unpaired) electrons. The molecule has 0 saturated carbocycles. The van der Waals surface area contributed by atoms with Crippen molar-refractivity contribution in [2.75, 3.05) is 18.1 Å². The lowest BCUT2D eigenvalue weighted by Gasteiger charge is -2.33. The molecule has 3 rings (SSSR count). The monoisotopic (exact) mass is 611 g/mol. The van der Waals surface area contributed by atoms with Crippen molar-refractivity contribution in [2.45, 2.75) is 62.4 Å². The number of hydrogen-bond donors (Lipinski definition) is 2. The number of aromatic nitrogens is 1. The standard InChI is InChI=1S/C24H21F12N3O2/c1-2-17(40)37-9-12-3-4-16(38-19(12)21(26,27)10-25)39-11-20(8-18(39)41,24(34,35)36)13-5-14(22(28,29)30)7-15(6-13)23(31,32)33/h3-7,18,41H,2,8-11H2,1H3,(H,37,40). The fraction of sp³-hybridized carbons (Fsp3) is 0.500. The number of amides is 1. The molecular formula is C24H21F12N3O2. The minimum atomic E-state index is -5.55. The van der Waals surface area contributed by atoms with Crippen LogP contribution in [0.2, 0.25) is 0 Å². The summed E-state index contributed by atoms with van der Waals surface area (Å²) in [6.07, 6.45) is -20.3. The van der Waals surface area contributed by atoms with E-state index in [1.54, 1.807) is 0 Å². The Morgan fingerprint density at radius 3 is 2.02 bits per heavy atom. The average molecular weight is 611 g/mol. The lowest BCUT2D eigenvalue weighted by atomic mass is 9.77. The number of alkyl halides is 12. The Balaban J connectivity index is 2.16. The zero-order valence-electron chi connectivity index (χ0n) is 20.8. The fourth-order valence-corrected chi connectivity index (χ4v) is 4.40. The topological polar surface area (TPSA) is 65.5 Å². The van der Waals surface area contributed by atoms with Gasteiger partial charge in [-0.2, -0.15) is 48.3 Å². The lowest BCUT2D eigenvalue weighted by molar-refractivity contribution is -0.187. The Kier molecular flexibility index (Phi) is 8.56. The van der Waals surface area contributed by atoms with E-state index in [0.29, 0.717) is 4.90 Å². The summed E-state index contributed by atoms with van der Waals surface area (Å²) >= 11 is 0. The molecule has 1 saturated heterocycles. The molecule has 1 aliphatic heterocycles. The van der Waals surface area contributed by atoms with E-state index in [-0.39, 0.29) is 24.6 Å². The predicted molar refractivity (Wildman–Crippen MR) is 118 cm³/mol. The van der Waals surface area contributed by atoms with Crippen LogP contribution in [0.1, 0.15) is 47.7 Å². The Morgan fingerprint density at radius 1 is 1.00 bits per heavy atom. The van der Waals surface area contributed by atoms with Crippen LogP contribution >= 0.6 is 0 Å². The van der Waals surface area contributed by atoms with Crippen molar-refractivity contribution in [3.63, 3.8) is 0 Å². The molecule has 5 nitrogen and oxygen atoms in total. The molecule has 2 N–H and O–H groups in total. The van der Waals surface area contributed by atoms with E-state index in [9.17, 15) is 62.6 Å². The van der Waals surface area contributed by atoms with Crippen LogP contribution in [-0.2, 0) is 35.0 Å². The van der Waals surface area contributed by atoms with Crippen LogP contribution in [0.4, 0.5) is 58.5 Å². The number of aliphatic hydroxyl groups is 1. The van der Waals surface area contributed by atoms with Gasteiger partial charge < -0.3 is 15.3 Å². The Hall–Kier alpha value is -3.24. The van der Waals surface area contributed by atoms with E-state index in [4.69, 9.17) is 0 Å². The molecule has 2 unspecified atom stereocenters. The van der Waals surface area contributed by atoms with Gasteiger partial charge in [0.1, 0.15) is 23.2 Å². The summed E-state index contributed by atoms with van der Waals surface area (Å²) in [5.41, 5.74) is -10.8. The van der Waals surface area contributed by atoms with E-state index in [0.717, 1.165) is 12.1 Å². The van der Waals surface area contributed by atoms with Gasteiger partial charge in [0.25, 0.3) is 0 Å². The van der Waals surface area contributed by atoms with Crippen LogP contribution in [0.15, 0.2) is 30.3 Å². The summed E-state index contributed by atoms with van der Waals surface area (Å²) in [5, 5.41) is 12.8. The number of rotatable bonds is 7. The number of anilines is 1. The number of pyridine rings is 1. The van der Waals surface area contributed by atoms with Gasteiger partial charge >= 0.3 is 24.5 Å². The number of benzene rings is 1. The van der Waals surface area contributed by atoms with Crippen LogP contribution in [-0.4, -0.2) is 41.6 Å². The molecule has 0 bridgehead atoms. The first-order valence-electron chi connectivity index (χ1n) is 11.7. The molecule has 1 amide bonds. The van der Waals surface area contributed by atoms with E-state index >= 15 is 0 Å². The normalized spacial score (nSPS) is 20.4. The summed E-state index contributed by atoms with van der Waals surface area (Å²) in [4.78, 5) is 15.4. The summed E-state index contributed by atoms with van der Waals surface area (Å²) in [5.74, 6) is -5.69. The largest absolute Gasteiger partial charge is 0.416 e. The number of nitrogens with zero attached hydrogens (tertiary/aromatic N) is 2. The minimum Gasteiger partial charge on any atom is -0.374 e. The molecule has 228 valence electrons. The summed E-state index contributed by atoms with van der Waals surface area (Å²) < 4.78 is 166. The lowest BCUT2D eigenvalue weighted by Crippen LogP contribution is -2.45. The maximum absolute atomic E-state index is 14.5. The van der Waals surface area contributed by atoms with Gasteiger partial charge in [-0.15, -0.1) is 0 Å². The average Bonchev–Trinajstić information content (AvgIpc) is 3.24. The number of nitrogens with one attached hydrogen (secondary N) is 1. The molecular weight excluding hydrogens is 590 g/mol. The highest BCUT2D eigenvalue weighted by atomic mass is 19.4. The highest BCUT2D eigenvalue weighted by Crippen LogP contribution is 2.52. The first-order chi connectivity index (χ1) is 18.7. The van der Waals surface area contributed by atoms with Gasteiger partial charge in [-0.05, 0) is 35.4 Å². The van der Waals surface area contributed by atoms with E-state index in [1.807, 2.05) is 0 Å². The van der Waals surface area contributed by atoms with Crippen molar-refractivity contribution in [1.82, 2.24) is 10.3 Å². The quantitative estimate of drug-likeness (QED) is 0.365. The van der Waals surface area contributed by atoms with Crippen LogP contribution in [0, 0.1) is 0 Å². The van der Waals surface area contributed by atoms with Crippen LogP contribution in [0.5, 0.6) is 0 Å². The molecule has 17 heteroatoms. The van der Waals surface area contributed by atoms with Gasteiger partial charge in [-0.25, -0.2) is 9.37 Å². The van der Waals surface area contributed by atoms with Crippen LogP contribution in [0.25, 0.3) is 0 Å². The smallest absolute Gasteiger partial charge is 0.374 e. The SMILES string of the molecule is CCC(=O)NCc1ccc(N2CC(c3cc(C(F)(F)F)cc(C(F)(F)F)c3)(C(F)(F)F)CC2O)nc1C(F)(F)CF. The minimum absolute atomic E-state index is 0.0502. The maximum atomic E-state index is 14.5. The van der Waals surface area contributed by atoms with Crippen molar-refractivity contribution in [1.29, 1.82) is 0 Å². The summed E-state index contributed by atoms with van der Waals surface area (Å²) in [6.45, 7) is -2.96. The number of carbonyl (C=O) groups is 1. The molecule has 0 aliphatic carbocycles. The number of carbonyl (C=O) groups excluding carboxylic acids is 1. The van der Waals surface area contributed by atoms with Crippen molar-refractivity contribution < 1.29 is 62.6 Å². The predicted octanol–water partition coefficient (Wildman–Crippen LogP) is 6.24. The number of aliphatic hydroxyl groups excluding tert-OH is 1. The Labute approximate surface area is 224 Å². The third-order valence-electron chi connectivity index (χ3n) is 6.58. The first-order valence-corrected chi connectivity index (χ1v) is 11.7. The molecule has 1 aromatic carbocycles. The van der Waals surface area contributed by atoms with Gasteiger partial charge in [0.05, 0.1) is 11.1 Å². The van der Waals surface area contributed by atoms with Gasteiger partial charge in [0.2, 0.25) is 5.91 Å². The summed E-state index contributed by atoms with van der Waals surface area (Å²) in [6, 6.07) is 1.11. The van der Waals surface area contributed by atoms with Crippen molar-refractivity contribution in [3.05, 3.63) is 58.3 Å². The number of hydrogen-bond acceptors (Lipinski definition) is 4. The van der Waals surface area contributed by atoms with Gasteiger partial charge in [0, 0.05) is 25.9 Å². The molecule has 0 spiro atoms. The molecule has 1 aromatic heterocycles. The first kappa shape index (κ1) is 32.3.